The molecule has 3 N–H and O–H groups in total. The molecule has 0 aliphatic heterocycles. The van der Waals surface area contributed by atoms with Gasteiger partial charge in [0.15, 0.2) is 0 Å². The van der Waals surface area contributed by atoms with Crippen LogP contribution in [-0.2, 0) is 0 Å². The number of nitrogens with two attached hydrogens (primary N) is 1. The highest BCUT2D eigenvalue weighted by molar-refractivity contribution is 5.99. The van der Waals surface area contributed by atoms with Crippen molar-refractivity contribution >= 4 is 11.6 Å². The van der Waals surface area contributed by atoms with Crippen LogP contribution in [0.2, 0.25) is 0 Å². The summed E-state index contributed by atoms with van der Waals surface area (Å²) in [6, 6.07) is 1.40. The second-order valence-corrected chi connectivity index (χ2v) is 3.34. The minimum absolute atomic E-state index is 0.0123. The number of carbonyl (C=O) groups is 1. The number of amides is 1. The van der Waals surface area contributed by atoms with Crippen LogP contribution in [0.25, 0.3) is 0 Å². The van der Waals surface area contributed by atoms with Crippen molar-refractivity contribution in [3.8, 4) is 0 Å². The fraction of sp³-hybridized carbons (Fsp3) is 0.333. The second kappa shape index (κ2) is 5.00. The molecule has 17 heavy (non-hydrogen) atoms. The summed E-state index contributed by atoms with van der Waals surface area (Å²) in [6.07, 6.45) is -1.91. The maximum Gasteiger partial charge on any atom is 0.406 e. The molecular formula is C9H11F3N4O. The molecule has 0 atom stereocenters. The molecule has 1 amide bonds. The smallest absolute Gasteiger partial charge is 0.332 e. The molecule has 0 fully saturated rings. The highest BCUT2D eigenvalue weighted by Crippen LogP contribution is 2.19. The Hall–Kier alpha value is -1.83. The topological polar surface area (TPSA) is 71.2 Å². The van der Waals surface area contributed by atoms with Gasteiger partial charge in [-0.2, -0.15) is 13.2 Å². The Morgan fingerprint density at radius 2 is 2.24 bits per heavy atom. The van der Waals surface area contributed by atoms with Crippen molar-refractivity contribution < 1.29 is 18.0 Å². The van der Waals surface area contributed by atoms with Gasteiger partial charge in [-0.25, -0.2) is 0 Å². The fourth-order valence-corrected chi connectivity index (χ4v) is 1.24. The normalized spacial score (nSPS) is 11.1. The fourth-order valence-electron chi connectivity index (χ4n) is 1.24. The van der Waals surface area contributed by atoms with Crippen LogP contribution >= 0.6 is 0 Å². The Morgan fingerprint density at radius 1 is 1.59 bits per heavy atom. The molecule has 1 rings (SSSR count). The van der Waals surface area contributed by atoms with Gasteiger partial charge in [0.1, 0.15) is 6.54 Å². The van der Waals surface area contributed by atoms with Gasteiger partial charge in [0.25, 0.3) is 5.91 Å². The minimum Gasteiger partial charge on any atom is -0.332 e. The molecule has 0 spiro atoms. The van der Waals surface area contributed by atoms with Crippen LogP contribution in [-0.4, -0.2) is 35.6 Å². The third-order valence-electron chi connectivity index (χ3n) is 1.97. The summed E-state index contributed by atoms with van der Waals surface area (Å²) in [5.41, 5.74) is 2.43. The summed E-state index contributed by atoms with van der Waals surface area (Å²) < 4.78 is 36.3. The Balaban J connectivity index is 2.89. The maximum absolute atomic E-state index is 12.1. The molecular weight excluding hydrogens is 237 g/mol. The van der Waals surface area contributed by atoms with E-state index in [0.717, 1.165) is 13.2 Å². The number of rotatable bonds is 3. The lowest BCUT2D eigenvalue weighted by atomic mass is 10.2. The molecule has 1 aromatic rings. The molecule has 0 aromatic carbocycles. The van der Waals surface area contributed by atoms with Gasteiger partial charge in [0.2, 0.25) is 0 Å². The number of hydrogen-bond acceptors (Lipinski definition) is 4. The van der Waals surface area contributed by atoms with Gasteiger partial charge in [-0.3, -0.25) is 15.6 Å². The average molecular weight is 248 g/mol. The lowest BCUT2D eigenvalue weighted by Gasteiger charge is -2.19. The summed E-state index contributed by atoms with van der Waals surface area (Å²) in [4.78, 5) is 15.9. The third-order valence-corrected chi connectivity index (χ3v) is 1.97. The van der Waals surface area contributed by atoms with Crippen molar-refractivity contribution in [1.82, 2.24) is 9.88 Å². The molecule has 0 saturated heterocycles. The highest BCUT2D eigenvalue weighted by atomic mass is 19.4. The Morgan fingerprint density at radius 3 is 2.76 bits per heavy atom. The lowest BCUT2D eigenvalue weighted by molar-refractivity contribution is -0.138. The lowest BCUT2D eigenvalue weighted by Crippen LogP contribution is -2.36. The molecule has 94 valence electrons. The van der Waals surface area contributed by atoms with Crippen LogP contribution in [0, 0.1) is 0 Å². The van der Waals surface area contributed by atoms with Crippen LogP contribution in [0.3, 0.4) is 0 Å². The molecule has 0 radical (unpaired) electrons. The average Bonchev–Trinajstić information content (AvgIpc) is 2.25. The van der Waals surface area contributed by atoms with E-state index in [4.69, 9.17) is 5.84 Å². The number of alkyl halides is 3. The van der Waals surface area contributed by atoms with E-state index in [1.807, 2.05) is 0 Å². The zero-order valence-corrected chi connectivity index (χ0v) is 8.95. The van der Waals surface area contributed by atoms with E-state index in [-0.39, 0.29) is 11.3 Å². The molecule has 0 bridgehead atoms. The van der Waals surface area contributed by atoms with E-state index in [2.05, 4.69) is 10.4 Å². The molecule has 0 saturated carbocycles. The van der Waals surface area contributed by atoms with Crippen molar-refractivity contribution in [3.05, 3.63) is 24.0 Å². The zero-order valence-electron chi connectivity index (χ0n) is 8.95. The van der Waals surface area contributed by atoms with Gasteiger partial charge < -0.3 is 10.3 Å². The number of pyridine rings is 1. The first kappa shape index (κ1) is 13.2. The first-order valence-electron chi connectivity index (χ1n) is 4.58. The van der Waals surface area contributed by atoms with Gasteiger partial charge in [0.05, 0.1) is 11.3 Å². The number of aromatic nitrogens is 1. The van der Waals surface area contributed by atoms with Gasteiger partial charge in [-0.05, 0) is 6.07 Å². The van der Waals surface area contributed by atoms with E-state index < -0.39 is 18.6 Å². The molecule has 1 heterocycles. The molecule has 0 unspecified atom stereocenters. The zero-order chi connectivity index (χ0) is 13.1. The number of nitrogens with one attached hydrogen (secondary N) is 1. The maximum atomic E-state index is 12.1. The second-order valence-electron chi connectivity index (χ2n) is 3.34. The predicted octanol–water partition coefficient (Wildman–Crippen LogP) is 1.00. The standard InChI is InChI=1S/C9H11F3N4O/c1-16(5-9(10,11)12)8(17)6-4-14-3-2-7(6)15-13/h2-4H,5,13H2,1H3,(H,14,15). The monoisotopic (exact) mass is 248 g/mol. The van der Waals surface area contributed by atoms with Gasteiger partial charge in [-0.1, -0.05) is 0 Å². The van der Waals surface area contributed by atoms with Crippen molar-refractivity contribution in [3.63, 3.8) is 0 Å². The van der Waals surface area contributed by atoms with Crippen LogP contribution in [0.4, 0.5) is 18.9 Å². The summed E-state index contributed by atoms with van der Waals surface area (Å²) in [5.74, 6) is 4.34. The Bertz CT molecular complexity index is 407. The SMILES string of the molecule is CN(CC(F)(F)F)C(=O)c1cnccc1NN. The van der Waals surface area contributed by atoms with Crippen molar-refractivity contribution in [1.29, 1.82) is 0 Å². The first-order valence-corrected chi connectivity index (χ1v) is 4.58. The number of carbonyl (C=O) groups excluding carboxylic acids is 1. The third kappa shape index (κ3) is 3.59. The number of anilines is 1. The summed E-state index contributed by atoms with van der Waals surface area (Å²) in [7, 11) is 1.06. The largest absolute Gasteiger partial charge is 0.406 e. The quantitative estimate of drug-likeness (QED) is 0.618. The minimum atomic E-state index is -4.44. The van der Waals surface area contributed by atoms with Crippen LogP contribution < -0.4 is 11.3 Å². The van der Waals surface area contributed by atoms with Crippen LogP contribution in [0.5, 0.6) is 0 Å². The van der Waals surface area contributed by atoms with E-state index in [1.165, 1.54) is 12.3 Å². The number of halogens is 3. The number of hydrazine groups is 1. The van der Waals surface area contributed by atoms with Gasteiger partial charge >= 0.3 is 6.18 Å². The van der Waals surface area contributed by atoms with E-state index in [1.54, 1.807) is 0 Å². The Labute approximate surface area is 95.4 Å². The number of hydrogen-bond donors (Lipinski definition) is 2. The highest BCUT2D eigenvalue weighted by Gasteiger charge is 2.32. The van der Waals surface area contributed by atoms with Gasteiger partial charge in [0, 0.05) is 19.4 Å². The predicted molar refractivity (Wildman–Crippen MR) is 55.1 cm³/mol. The van der Waals surface area contributed by atoms with Crippen LogP contribution in [0.15, 0.2) is 18.5 Å². The van der Waals surface area contributed by atoms with E-state index in [0.29, 0.717) is 4.90 Å². The van der Waals surface area contributed by atoms with Gasteiger partial charge in [-0.15, -0.1) is 0 Å². The van der Waals surface area contributed by atoms with Crippen LogP contribution in [0.1, 0.15) is 10.4 Å². The molecule has 8 heteroatoms. The summed E-state index contributed by atoms with van der Waals surface area (Å²) in [5, 5.41) is 0. The van der Waals surface area contributed by atoms with E-state index >= 15 is 0 Å². The summed E-state index contributed by atoms with van der Waals surface area (Å²) in [6.45, 7) is -1.33. The Kier molecular flexibility index (Phi) is 3.89. The van der Waals surface area contributed by atoms with Crippen molar-refractivity contribution in [2.24, 2.45) is 5.84 Å². The number of nitrogen functional groups attached to an aromatic ring is 1. The van der Waals surface area contributed by atoms with E-state index in [9.17, 15) is 18.0 Å². The summed E-state index contributed by atoms with van der Waals surface area (Å²) >= 11 is 0. The first-order chi connectivity index (χ1) is 7.85. The van der Waals surface area contributed by atoms with Crippen molar-refractivity contribution in [2.45, 2.75) is 6.18 Å². The van der Waals surface area contributed by atoms with Crippen molar-refractivity contribution in [2.75, 3.05) is 19.0 Å². The molecule has 0 aliphatic carbocycles. The molecule has 0 aliphatic rings. The molecule has 1 aromatic heterocycles. The molecule has 5 nitrogen and oxygen atoms in total. The number of nitrogens with zero attached hydrogens (tertiary/aromatic N) is 2.